The van der Waals surface area contributed by atoms with Crippen LogP contribution < -0.4 is 11.1 Å². The van der Waals surface area contributed by atoms with Crippen LogP contribution in [0.15, 0.2) is 16.6 Å². The molecule has 14 heavy (non-hydrogen) atoms. The molecular formula is C10H19N3O. The van der Waals surface area contributed by atoms with Crippen LogP contribution in [0.1, 0.15) is 27.2 Å². The second kappa shape index (κ2) is 7.12. The molecule has 80 valence electrons. The van der Waals surface area contributed by atoms with Crippen molar-refractivity contribution in [1.29, 1.82) is 0 Å². The fourth-order valence-electron chi connectivity index (χ4n) is 0.988. The Morgan fingerprint density at radius 2 is 2.21 bits per heavy atom. The van der Waals surface area contributed by atoms with Gasteiger partial charge in [0, 0.05) is 12.6 Å². The maximum Gasteiger partial charge on any atom is 0.207 e. The normalized spacial score (nSPS) is 13.1. The summed E-state index contributed by atoms with van der Waals surface area (Å²) in [5.74, 6) is 0.545. The van der Waals surface area contributed by atoms with Gasteiger partial charge in [0.2, 0.25) is 6.41 Å². The second-order valence-electron chi connectivity index (χ2n) is 3.46. The third-order valence-corrected chi connectivity index (χ3v) is 1.55. The lowest BCUT2D eigenvalue weighted by atomic mass is 10.2. The van der Waals surface area contributed by atoms with Crippen LogP contribution in [0.5, 0.6) is 0 Å². The summed E-state index contributed by atoms with van der Waals surface area (Å²) in [7, 11) is 0. The molecule has 0 aromatic rings. The summed E-state index contributed by atoms with van der Waals surface area (Å²) in [6, 6.07) is 0.215. The topological polar surface area (TPSA) is 67.5 Å². The van der Waals surface area contributed by atoms with E-state index in [1.54, 1.807) is 0 Å². The van der Waals surface area contributed by atoms with Gasteiger partial charge in [-0.1, -0.05) is 5.57 Å². The lowest BCUT2D eigenvalue weighted by molar-refractivity contribution is -0.109. The summed E-state index contributed by atoms with van der Waals surface area (Å²) in [4.78, 5) is 14.1. The highest BCUT2D eigenvalue weighted by Gasteiger charge is 1.93. The van der Waals surface area contributed by atoms with Crippen LogP contribution in [-0.4, -0.2) is 24.8 Å². The van der Waals surface area contributed by atoms with Gasteiger partial charge in [0.15, 0.2) is 0 Å². The van der Waals surface area contributed by atoms with Crippen molar-refractivity contribution in [2.24, 2.45) is 10.7 Å². The number of hydrogen-bond acceptors (Lipinski definition) is 2. The number of amides is 1. The quantitative estimate of drug-likeness (QED) is 0.287. The van der Waals surface area contributed by atoms with Gasteiger partial charge in [-0.15, -0.1) is 0 Å². The average molecular weight is 197 g/mol. The smallest absolute Gasteiger partial charge is 0.207 e. The van der Waals surface area contributed by atoms with Crippen molar-refractivity contribution in [3.63, 3.8) is 0 Å². The van der Waals surface area contributed by atoms with Crippen molar-refractivity contribution in [2.45, 2.75) is 33.2 Å². The predicted octanol–water partition coefficient (Wildman–Crippen LogP) is 0.834. The van der Waals surface area contributed by atoms with Crippen LogP contribution >= 0.6 is 0 Å². The van der Waals surface area contributed by atoms with E-state index < -0.39 is 0 Å². The van der Waals surface area contributed by atoms with Crippen molar-refractivity contribution in [2.75, 3.05) is 6.54 Å². The van der Waals surface area contributed by atoms with Gasteiger partial charge in [0.1, 0.15) is 5.84 Å². The van der Waals surface area contributed by atoms with E-state index in [0.717, 1.165) is 12.0 Å². The third-order valence-electron chi connectivity index (χ3n) is 1.55. The summed E-state index contributed by atoms with van der Waals surface area (Å²) in [6.45, 7) is 6.56. The molecule has 0 fully saturated rings. The number of nitrogens with zero attached hydrogens (tertiary/aromatic N) is 1. The van der Waals surface area contributed by atoms with Crippen molar-refractivity contribution in [3.8, 4) is 0 Å². The Morgan fingerprint density at radius 3 is 2.71 bits per heavy atom. The molecule has 0 unspecified atom stereocenters. The van der Waals surface area contributed by atoms with Gasteiger partial charge in [-0.25, -0.2) is 0 Å². The van der Waals surface area contributed by atoms with Crippen LogP contribution in [0.25, 0.3) is 0 Å². The monoisotopic (exact) mass is 197 g/mol. The van der Waals surface area contributed by atoms with Crippen molar-refractivity contribution >= 4 is 12.2 Å². The molecule has 4 heteroatoms. The summed E-state index contributed by atoms with van der Waals surface area (Å²) in [5.41, 5.74) is 6.78. The summed E-state index contributed by atoms with van der Waals surface area (Å²) in [6.07, 6.45) is 3.33. The van der Waals surface area contributed by atoms with E-state index in [2.05, 4.69) is 10.3 Å². The van der Waals surface area contributed by atoms with E-state index in [1.807, 2.05) is 26.8 Å². The minimum absolute atomic E-state index is 0.215. The molecule has 0 atom stereocenters. The highest BCUT2D eigenvalue weighted by molar-refractivity contribution is 5.92. The molecular weight excluding hydrogens is 178 g/mol. The minimum atomic E-state index is 0.215. The molecule has 4 nitrogen and oxygen atoms in total. The standard InChI is InChI=1S/C10H19N3O/c1-8(2)13-10(11)6-9(3)4-5-12-7-14/h6-8H,4-5H2,1-3H3,(H2,11,13)(H,12,14)/b9-6-. The van der Waals surface area contributed by atoms with Gasteiger partial charge in [0.25, 0.3) is 0 Å². The Bertz CT molecular complexity index is 232. The van der Waals surface area contributed by atoms with Crippen molar-refractivity contribution in [3.05, 3.63) is 11.6 Å². The first-order chi connectivity index (χ1) is 6.56. The Labute approximate surface area is 85.3 Å². The highest BCUT2D eigenvalue weighted by Crippen LogP contribution is 1.98. The molecule has 0 bridgehead atoms. The van der Waals surface area contributed by atoms with Gasteiger partial charge in [-0.05, 0) is 33.3 Å². The Balaban J connectivity index is 4.02. The lowest BCUT2D eigenvalue weighted by Crippen LogP contribution is -2.14. The summed E-state index contributed by atoms with van der Waals surface area (Å²) in [5, 5.41) is 2.59. The molecule has 1 amide bonds. The van der Waals surface area contributed by atoms with Gasteiger partial charge in [-0.3, -0.25) is 9.79 Å². The van der Waals surface area contributed by atoms with Gasteiger partial charge < -0.3 is 11.1 Å². The Morgan fingerprint density at radius 1 is 1.57 bits per heavy atom. The first-order valence-electron chi connectivity index (χ1n) is 4.73. The highest BCUT2D eigenvalue weighted by atomic mass is 16.1. The fraction of sp³-hybridized carbons (Fsp3) is 0.600. The molecule has 0 saturated carbocycles. The Kier molecular flexibility index (Phi) is 6.45. The van der Waals surface area contributed by atoms with Crippen molar-refractivity contribution < 1.29 is 4.79 Å². The van der Waals surface area contributed by atoms with Gasteiger partial charge >= 0.3 is 0 Å². The first kappa shape index (κ1) is 12.7. The second-order valence-corrected chi connectivity index (χ2v) is 3.46. The zero-order valence-corrected chi connectivity index (χ0v) is 9.08. The molecule has 0 aromatic heterocycles. The zero-order chi connectivity index (χ0) is 11.0. The Hall–Kier alpha value is -1.32. The number of nitrogens with one attached hydrogen (secondary N) is 1. The number of carbonyl (C=O) groups is 1. The van der Waals surface area contributed by atoms with Crippen LogP contribution in [0.3, 0.4) is 0 Å². The van der Waals surface area contributed by atoms with Crippen LogP contribution in [0.2, 0.25) is 0 Å². The molecule has 0 spiro atoms. The van der Waals surface area contributed by atoms with E-state index >= 15 is 0 Å². The number of amidine groups is 1. The van der Waals surface area contributed by atoms with Crippen LogP contribution in [0, 0.1) is 0 Å². The number of rotatable bonds is 6. The van der Waals surface area contributed by atoms with Gasteiger partial charge in [-0.2, -0.15) is 0 Å². The van der Waals surface area contributed by atoms with E-state index in [-0.39, 0.29) is 6.04 Å². The van der Waals surface area contributed by atoms with E-state index in [9.17, 15) is 4.79 Å². The van der Waals surface area contributed by atoms with E-state index in [0.29, 0.717) is 18.8 Å². The molecule has 0 aliphatic heterocycles. The maximum absolute atomic E-state index is 9.98. The SMILES string of the molecule is C/C(=C/C(N)=N\C(C)C)CCNC=O. The molecule has 0 aliphatic carbocycles. The molecule has 0 radical (unpaired) electrons. The summed E-state index contributed by atoms with van der Waals surface area (Å²) >= 11 is 0. The van der Waals surface area contributed by atoms with Gasteiger partial charge in [0.05, 0.1) is 0 Å². The zero-order valence-electron chi connectivity index (χ0n) is 9.08. The molecule has 0 aliphatic rings. The maximum atomic E-state index is 9.98. The van der Waals surface area contributed by atoms with Crippen LogP contribution in [0.4, 0.5) is 0 Å². The fourth-order valence-corrected chi connectivity index (χ4v) is 0.988. The predicted molar refractivity (Wildman–Crippen MR) is 59.2 cm³/mol. The van der Waals surface area contributed by atoms with Crippen molar-refractivity contribution in [1.82, 2.24) is 5.32 Å². The molecule has 0 aromatic carbocycles. The lowest BCUT2D eigenvalue weighted by Gasteiger charge is -2.02. The molecule has 0 rings (SSSR count). The molecule has 0 saturated heterocycles. The average Bonchev–Trinajstić information content (AvgIpc) is 2.02. The number of hydrogen-bond donors (Lipinski definition) is 2. The first-order valence-corrected chi connectivity index (χ1v) is 4.73. The van der Waals surface area contributed by atoms with E-state index in [1.165, 1.54) is 0 Å². The number of carbonyl (C=O) groups excluding carboxylic acids is 1. The number of aliphatic imine (C=N–C) groups is 1. The van der Waals surface area contributed by atoms with E-state index in [4.69, 9.17) is 5.73 Å². The third kappa shape index (κ3) is 7.34. The largest absolute Gasteiger partial charge is 0.384 e. The molecule has 3 N–H and O–H groups in total. The summed E-state index contributed by atoms with van der Waals surface area (Å²) < 4.78 is 0. The minimum Gasteiger partial charge on any atom is -0.384 e. The number of nitrogens with two attached hydrogens (primary N) is 1. The van der Waals surface area contributed by atoms with Crippen LogP contribution in [-0.2, 0) is 4.79 Å². The molecule has 0 heterocycles.